The molecule has 0 atom stereocenters. The number of carbonyl (C=O) groups excluding carboxylic acids is 1. The number of carbonyl (C=O) groups is 1. The summed E-state index contributed by atoms with van der Waals surface area (Å²) in [5.41, 5.74) is 5.99. The number of hydrogen-bond acceptors (Lipinski definition) is 5. The van der Waals surface area contributed by atoms with Gasteiger partial charge in [-0.1, -0.05) is 0 Å². The van der Waals surface area contributed by atoms with Gasteiger partial charge in [0, 0.05) is 18.7 Å². The number of anilines is 1. The third kappa shape index (κ3) is 2.19. The monoisotopic (exact) mass is 167 g/mol. The predicted molar refractivity (Wildman–Crippen MR) is 42.5 cm³/mol. The standard InChI is InChI=1S/C7H9N3O2/c1-4-3-6(12-5(2)11)10-7(8)9-4/h3H,1-2H3,(H2,8,9,10). The van der Waals surface area contributed by atoms with Crippen LogP contribution in [0.2, 0.25) is 0 Å². The van der Waals surface area contributed by atoms with Gasteiger partial charge in [-0.2, -0.15) is 4.98 Å². The fraction of sp³-hybridized carbons (Fsp3) is 0.286. The molecule has 2 N–H and O–H groups in total. The molecule has 0 amide bonds. The van der Waals surface area contributed by atoms with Crippen molar-refractivity contribution in [2.24, 2.45) is 0 Å². The number of aryl methyl sites for hydroxylation is 1. The maximum Gasteiger partial charge on any atom is 0.309 e. The lowest BCUT2D eigenvalue weighted by atomic mass is 10.4. The van der Waals surface area contributed by atoms with Crippen molar-refractivity contribution >= 4 is 11.9 Å². The van der Waals surface area contributed by atoms with E-state index < -0.39 is 5.97 Å². The van der Waals surface area contributed by atoms with Crippen LogP contribution < -0.4 is 10.5 Å². The van der Waals surface area contributed by atoms with Crippen molar-refractivity contribution in [3.63, 3.8) is 0 Å². The van der Waals surface area contributed by atoms with Crippen molar-refractivity contribution in [1.29, 1.82) is 0 Å². The zero-order valence-electron chi connectivity index (χ0n) is 6.87. The fourth-order valence-corrected chi connectivity index (χ4v) is 0.761. The largest absolute Gasteiger partial charge is 0.407 e. The summed E-state index contributed by atoms with van der Waals surface area (Å²) in [6, 6.07) is 1.54. The van der Waals surface area contributed by atoms with Gasteiger partial charge in [-0.15, -0.1) is 0 Å². The van der Waals surface area contributed by atoms with Crippen LogP contribution >= 0.6 is 0 Å². The van der Waals surface area contributed by atoms with E-state index in [2.05, 4.69) is 9.97 Å². The Balaban J connectivity index is 2.93. The SMILES string of the molecule is CC(=O)Oc1cc(C)nc(N)n1. The molecule has 1 aromatic rings. The molecule has 64 valence electrons. The minimum absolute atomic E-state index is 0.103. The number of esters is 1. The van der Waals surface area contributed by atoms with E-state index in [9.17, 15) is 4.79 Å². The van der Waals surface area contributed by atoms with E-state index in [1.165, 1.54) is 13.0 Å². The Morgan fingerprint density at radius 1 is 1.58 bits per heavy atom. The third-order valence-corrected chi connectivity index (χ3v) is 1.10. The highest BCUT2D eigenvalue weighted by molar-refractivity contribution is 5.68. The normalized spacial score (nSPS) is 9.50. The molecule has 0 saturated carbocycles. The first kappa shape index (κ1) is 8.45. The Bertz CT molecular complexity index is 291. The molecule has 0 aliphatic heterocycles. The van der Waals surface area contributed by atoms with Gasteiger partial charge >= 0.3 is 5.97 Å². The van der Waals surface area contributed by atoms with Gasteiger partial charge in [0.2, 0.25) is 11.8 Å². The average Bonchev–Trinajstić information content (AvgIpc) is 1.81. The molecule has 1 aromatic heterocycles. The molecule has 5 heteroatoms. The zero-order valence-corrected chi connectivity index (χ0v) is 6.87. The van der Waals surface area contributed by atoms with Gasteiger partial charge in [0.1, 0.15) is 0 Å². The number of hydrogen-bond donors (Lipinski definition) is 1. The number of ether oxygens (including phenoxy) is 1. The van der Waals surface area contributed by atoms with E-state index in [4.69, 9.17) is 10.5 Å². The zero-order chi connectivity index (χ0) is 9.14. The maximum atomic E-state index is 10.5. The van der Waals surface area contributed by atoms with Gasteiger partial charge in [0.25, 0.3) is 0 Å². The summed E-state index contributed by atoms with van der Waals surface area (Å²) < 4.78 is 4.71. The van der Waals surface area contributed by atoms with Crippen LogP contribution in [0.5, 0.6) is 5.88 Å². The molecule has 0 radical (unpaired) electrons. The van der Waals surface area contributed by atoms with Crippen LogP contribution in [0.1, 0.15) is 12.6 Å². The Morgan fingerprint density at radius 2 is 2.25 bits per heavy atom. The molecule has 1 heterocycles. The van der Waals surface area contributed by atoms with Crippen LogP contribution in [-0.2, 0) is 4.79 Å². The molecule has 1 rings (SSSR count). The van der Waals surface area contributed by atoms with E-state index in [0.717, 1.165) is 0 Å². The molecule has 0 spiro atoms. The van der Waals surface area contributed by atoms with Crippen molar-refractivity contribution in [3.8, 4) is 5.88 Å². The van der Waals surface area contributed by atoms with Gasteiger partial charge in [-0.05, 0) is 6.92 Å². The number of aromatic nitrogens is 2. The van der Waals surface area contributed by atoms with Gasteiger partial charge in [-0.25, -0.2) is 4.98 Å². The average molecular weight is 167 g/mol. The van der Waals surface area contributed by atoms with E-state index in [1.54, 1.807) is 6.92 Å². The molecule has 12 heavy (non-hydrogen) atoms. The second-order valence-electron chi connectivity index (χ2n) is 2.30. The number of rotatable bonds is 1. The van der Waals surface area contributed by atoms with Crippen molar-refractivity contribution in [2.45, 2.75) is 13.8 Å². The van der Waals surface area contributed by atoms with Gasteiger partial charge < -0.3 is 10.5 Å². The molecular weight excluding hydrogens is 158 g/mol. The van der Waals surface area contributed by atoms with Crippen LogP contribution in [0.3, 0.4) is 0 Å². The highest BCUT2D eigenvalue weighted by atomic mass is 16.5. The Labute approximate surface area is 69.6 Å². The van der Waals surface area contributed by atoms with Crippen LogP contribution in [0.15, 0.2) is 6.07 Å². The maximum absolute atomic E-state index is 10.5. The molecule has 0 bridgehead atoms. The number of nitrogens with zero attached hydrogens (tertiary/aromatic N) is 2. The summed E-state index contributed by atoms with van der Waals surface area (Å²) in [4.78, 5) is 18.0. The van der Waals surface area contributed by atoms with E-state index in [1.807, 2.05) is 0 Å². The summed E-state index contributed by atoms with van der Waals surface area (Å²) in [6.45, 7) is 3.04. The quantitative estimate of drug-likeness (QED) is 0.608. The molecule has 0 unspecified atom stereocenters. The lowest BCUT2D eigenvalue weighted by molar-refractivity contribution is -0.132. The van der Waals surface area contributed by atoms with Crippen molar-refractivity contribution < 1.29 is 9.53 Å². The lowest BCUT2D eigenvalue weighted by Crippen LogP contribution is -2.05. The Morgan fingerprint density at radius 3 is 2.75 bits per heavy atom. The highest BCUT2D eigenvalue weighted by Gasteiger charge is 2.01. The first-order valence-electron chi connectivity index (χ1n) is 3.37. The van der Waals surface area contributed by atoms with Crippen LogP contribution in [-0.4, -0.2) is 15.9 Å². The first-order chi connectivity index (χ1) is 5.58. The van der Waals surface area contributed by atoms with E-state index >= 15 is 0 Å². The molecule has 0 aromatic carbocycles. The number of nitrogens with two attached hydrogens (primary N) is 1. The molecule has 0 fully saturated rings. The smallest absolute Gasteiger partial charge is 0.309 e. The van der Waals surface area contributed by atoms with Gasteiger partial charge in [-0.3, -0.25) is 4.79 Å². The van der Waals surface area contributed by atoms with Crippen molar-refractivity contribution in [1.82, 2.24) is 9.97 Å². The van der Waals surface area contributed by atoms with Crippen LogP contribution in [0.25, 0.3) is 0 Å². The van der Waals surface area contributed by atoms with Crippen LogP contribution in [0, 0.1) is 6.92 Å². The van der Waals surface area contributed by atoms with Gasteiger partial charge in [0.05, 0.1) is 0 Å². The minimum Gasteiger partial charge on any atom is -0.407 e. The topological polar surface area (TPSA) is 78.1 Å². The second-order valence-corrected chi connectivity index (χ2v) is 2.30. The predicted octanol–water partition coefficient (Wildman–Crippen LogP) is 0.293. The summed E-state index contributed by atoms with van der Waals surface area (Å²) >= 11 is 0. The number of nitrogen functional groups attached to an aromatic ring is 1. The first-order valence-corrected chi connectivity index (χ1v) is 3.37. The summed E-state index contributed by atoms with van der Waals surface area (Å²) in [6.07, 6.45) is 0. The molecule has 0 saturated heterocycles. The van der Waals surface area contributed by atoms with E-state index in [-0.39, 0.29) is 11.8 Å². The van der Waals surface area contributed by atoms with Crippen molar-refractivity contribution in [2.75, 3.05) is 5.73 Å². The Hall–Kier alpha value is -1.65. The molecule has 0 aliphatic rings. The lowest BCUT2D eigenvalue weighted by Gasteiger charge is -2.00. The summed E-state index contributed by atoms with van der Waals surface area (Å²) in [7, 11) is 0. The summed E-state index contributed by atoms with van der Waals surface area (Å²) in [5, 5.41) is 0. The second kappa shape index (κ2) is 3.17. The minimum atomic E-state index is -0.424. The van der Waals surface area contributed by atoms with E-state index in [0.29, 0.717) is 5.69 Å². The highest BCUT2D eigenvalue weighted by Crippen LogP contribution is 2.09. The molecular formula is C7H9N3O2. The summed E-state index contributed by atoms with van der Waals surface area (Å²) in [5.74, 6) is -0.133. The molecule has 0 aliphatic carbocycles. The van der Waals surface area contributed by atoms with Crippen molar-refractivity contribution in [3.05, 3.63) is 11.8 Å². The third-order valence-electron chi connectivity index (χ3n) is 1.10. The molecule has 5 nitrogen and oxygen atoms in total. The Kier molecular flexibility index (Phi) is 2.23. The van der Waals surface area contributed by atoms with Gasteiger partial charge in [0.15, 0.2) is 0 Å². The fourth-order valence-electron chi connectivity index (χ4n) is 0.761. The van der Waals surface area contributed by atoms with Crippen LogP contribution in [0.4, 0.5) is 5.95 Å².